The van der Waals surface area contributed by atoms with Crippen molar-refractivity contribution in [3.63, 3.8) is 0 Å². The van der Waals surface area contributed by atoms with E-state index in [2.05, 4.69) is 4.90 Å². The lowest BCUT2D eigenvalue weighted by Crippen LogP contribution is -2.46. The summed E-state index contributed by atoms with van der Waals surface area (Å²) in [5.41, 5.74) is -0.671. The van der Waals surface area contributed by atoms with Crippen LogP contribution < -0.4 is 24.5 Å². The highest BCUT2D eigenvalue weighted by molar-refractivity contribution is 5.87. The molecule has 1 fully saturated rings. The predicted octanol–water partition coefficient (Wildman–Crippen LogP) is 5.53. The molecule has 1 saturated heterocycles. The number of alkyl halides is 3. The lowest BCUT2D eigenvalue weighted by Gasteiger charge is -2.36. The van der Waals surface area contributed by atoms with E-state index in [0.717, 1.165) is 11.4 Å². The van der Waals surface area contributed by atoms with Crippen LogP contribution in [0.25, 0.3) is 22.1 Å². The largest absolute Gasteiger partial charge is 0.507 e. The number of fused-ring (bicyclic) bond motifs is 1. The number of piperazine rings is 1. The topological polar surface area (TPSA) is 84.6 Å². The van der Waals surface area contributed by atoms with Crippen molar-refractivity contribution < 1.29 is 36.9 Å². The third kappa shape index (κ3) is 5.49. The van der Waals surface area contributed by atoms with Crippen molar-refractivity contribution in [3.8, 4) is 34.1 Å². The van der Waals surface area contributed by atoms with Crippen LogP contribution >= 0.6 is 0 Å². The number of methoxy groups -OCH3 is 3. The highest BCUT2D eigenvalue weighted by Crippen LogP contribution is 2.41. The maximum atomic E-state index is 14.3. The number of ether oxygens (including phenoxy) is 3. The molecule has 1 aromatic heterocycles. The number of halogens is 3. The van der Waals surface area contributed by atoms with Gasteiger partial charge in [0.2, 0.25) is 11.2 Å². The van der Waals surface area contributed by atoms with Crippen molar-refractivity contribution in [1.29, 1.82) is 0 Å². The summed E-state index contributed by atoms with van der Waals surface area (Å²) in [6, 6.07) is 14.4. The number of phenolic OH excluding ortho intramolecular Hbond substituents is 1. The van der Waals surface area contributed by atoms with Gasteiger partial charge in [-0.15, -0.1) is 0 Å². The molecule has 0 atom stereocenters. The molecule has 1 aliphatic rings. The van der Waals surface area contributed by atoms with Gasteiger partial charge < -0.3 is 28.6 Å². The molecule has 0 unspecified atom stereocenters. The summed E-state index contributed by atoms with van der Waals surface area (Å²) >= 11 is 0. The predicted molar refractivity (Wildman–Crippen MR) is 148 cm³/mol. The molecular weight excluding hydrogens is 541 g/mol. The second-order valence-corrected chi connectivity index (χ2v) is 9.60. The first-order chi connectivity index (χ1) is 19.6. The van der Waals surface area contributed by atoms with Crippen molar-refractivity contribution in [1.82, 2.24) is 4.90 Å². The van der Waals surface area contributed by atoms with E-state index in [1.54, 1.807) is 7.11 Å². The number of nitrogens with zero attached hydrogens (tertiary/aromatic N) is 2. The van der Waals surface area contributed by atoms with E-state index in [-0.39, 0.29) is 40.1 Å². The number of hydrogen-bond donors (Lipinski definition) is 1. The maximum absolute atomic E-state index is 14.3. The molecule has 0 radical (unpaired) electrons. The monoisotopic (exact) mass is 570 g/mol. The van der Waals surface area contributed by atoms with Crippen LogP contribution in [0.1, 0.15) is 11.3 Å². The van der Waals surface area contributed by atoms with Crippen LogP contribution in [-0.2, 0) is 12.7 Å². The fourth-order valence-electron chi connectivity index (χ4n) is 5.09. The van der Waals surface area contributed by atoms with Crippen molar-refractivity contribution in [3.05, 3.63) is 76.1 Å². The summed E-state index contributed by atoms with van der Waals surface area (Å²) < 4.78 is 64.1. The van der Waals surface area contributed by atoms with Crippen molar-refractivity contribution in [2.75, 3.05) is 52.4 Å². The Morgan fingerprint density at radius 3 is 2.17 bits per heavy atom. The molecule has 3 aromatic carbocycles. The molecule has 1 aliphatic heterocycles. The van der Waals surface area contributed by atoms with Crippen LogP contribution in [-0.4, -0.2) is 57.5 Å². The SMILES string of the molecule is COc1ccc(N2CCN(Cc3c(O)ccc4c(=O)c(-c5ccc(OC)c(OC)c5)c(C(F)(F)F)oc34)CC2)cc1. The number of phenols is 1. The number of aromatic hydroxyl groups is 1. The van der Waals surface area contributed by atoms with Gasteiger partial charge in [0, 0.05) is 38.4 Å². The molecule has 41 heavy (non-hydrogen) atoms. The van der Waals surface area contributed by atoms with Crippen molar-refractivity contribution >= 4 is 16.7 Å². The molecule has 0 spiro atoms. The number of anilines is 1. The zero-order valence-corrected chi connectivity index (χ0v) is 22.7. The fourth-order valence-corrected chi connectivity index (χ4v) is 5.09. The third-order valence-corrected chi connectivity index (χ3v) is 7.26. The molecule has 8 nitrogen and oxygen atoms in total. The average Bonchev–Trinajstić information content (AvgIpc) is 2.98. The normalized spacial score (nSPS) is 14.3. The Morgan fingerprint density at radius 2 is 1.56 bits per heavy atom. The van der Waals surface area contributed by atoms with E-state index >= 15 is 0 Å². The van der Waals surface area contributed by atoms with Gasteiger partial charge in [-0.3, -0.25) is 9.69 Å². The van der Waals surface area contributed by atoms with Gasteiger partial charge in [0.05, 0.1) is 37.8 Å². The number of benzene rings is 3. The number of rotatable bonds is 7. The maximum Gasteiger partial charge on any atom is 0.450 e. The molecule has 0 bridgehead atoms. The summed E-state index contributed by atoms with van der Waals surface area (Å²) in [5.74, 6) is -0.469. The minimum Gasteiger partial charge on any atom is -0.507 e. The Balaban J connectivity index is 1.51. The smallest absolute Gasteiger partial charge is 0.450 e. The first-order valence-corrected chi connectivity index (χ1v) is 12.9. The summed E-state index contributed by atoms with van der Waals surface area (Å²) in [6.07, 6.45) is -4.98. The van der Waals surface area contributed by atoms with Gasteiger partial charge in [-0.05, 0) is 54.1 Å². The van der Waals surface area contributed by atoms with E-state index in [4.69, 9.17) is 18.6 Å². The second-order valence-electron chi connectivity index (χ2n) is 9.60. The van der Waals surface area contributed by atoms with Crippen molar-refractivity contribution in [2.45, 2.75) is 12.7 Å². The Hall–Kier alpha value is -4.38. The fraction of sp³-hybridized carbons (Fsp3) is 0.300. The zero-order chi connectivity index (χ0) is 29.3. The van der Waals surface area contributed by atoms with Crippen LogP contribution in [0.15, 0.2) is 63.8 Å². The van der Waals surface area contributed by atoms with E-state index in [0.29, 0.717) is 31.9 Å². The Labute approximate surface area is 234 Å². The van der Waals surface area contributed by atoms with E-state index in [1.807, 2.05) is 29.2 Å². The molecule has 0 amide bonds. The third-order valence-electron chi connectivity index (χ3n) is 7.26. The van der Waals surface area contributed by atoms with Gasteiger partial charge in [0.15, 0.2) is 11.5 Å². The molecule has 5 rings (SSSR count). The Bertz CT molecular complexity index is 1610. The van der Waals surface area contributed by atoms with Gasteiger partial charge in [-0.25, -0.2) is 0 Å². The molecule has 2 heterocycles. The minimum atomic E-state index is -4.98. The lowest BCUT2D eigenvalue weighted by atomic mass is 9.99. The molecule has 0 saturated carbocycles. The quantitative estimate of drug-likeness (QED) is 0.311. The Morgan fingerprint density at radius 1 is 0.878 bits per heavy atom. The minimum absolute atomic E-state index is 0.0325. The van der Waals surface area contributed by atoms with Crippen LogP contribution in [0, 0.1) is 0 Å². The van der Waals surface area contributed by atoms with Crippen molar-refractivity contribution in [2.24, 2.45) is 0 Å². The average molecular weight is 571 g/mol. The van der Waals surface area contributed by atoms with E-state index < -0.39 is 22.9 Å². The molecular formula is C30H29F3N2O6. The molecule has 0 aliphatic carbocycles. The van der Waals surface area contributed by atoms with Crippen LogP contribution in [0.3, 0.4) is 0 Å². The highest BCUT2D eigenvalue weighted by Gasteiger charge is 2.40. The summed E-state index contributed by atoms with van der Waals surface area (Å²) in [5, 5.41) is 10.6. The van der Waals surface area contributed by atoms with Gasteiger partial charge in [0.25, 0.3) is 0 Å². The lowest BCUT2D eigenvalue weighted by molar-refractivity contribution is -0.152. The summed E-state index contributed by atoms with van der Waals surface area (Å²) in [4.78, 5) is 17.8. The van der Waals surface area contributed by atoms with Crippen LogP contribution in [0.2, 0.25) is 0 Å². The van der Waals surface area contributed by atoms with Gasteiger partial charge in [0.1, 0.15) is 17.1 Å². The first kappa shape index (κ1) is 28.2. The highest BCUT2D eigenvalue weighted by atomic mass is 19.4. The molecule has 216 valence electrons. The summed E-state index contributed by atoms with van der Waals surface area (Å²) in [7, 11) is 4.35. The Kier molecular flexibility index (Phi) is 7.72. The van der Waals surface area contributed by atoms with Gasteiger partial charge >= 0.3 is 6.18 Å². The first-order valence-electron chi connectivity index (χ1n) is 12.9. The van der Waals surface area contributed by atoms with Crippen LogP contribution in [0.5, 0.6) is 23.0 Å². The standard InChI is InChI=1S/C30H29F3N2O6/c1-38-20-7-5-19(6-8-20)35-14-12-34(13-15-35)17-22-23(36)10-9-21-27(37)26(29(30(31,32)33)41-28(21)22)18-4-11-24(39-2)25(16-18)40-3/h4-11,16,36H,12-15,17H2,1-3H3. The molecule has 1 N–H and O–H groups in total. The second kappa shape index (κ2) is 11.2. The summed E-state index contributed by atoms with van der Waals surface area (Å²) in [6.45, 7) is 2.61. The molecule has 11 heteroatoms. The number of hydrogen-bond acceptors (Lipinski definition) is 8. The van der Waals surface area contributed by atoms with E-state index in [1.165, 1.54) is 44.6 Å². The van der Waals surface area contributed by atoms with Gasteiger partial charge in [-0.1, -0.05) is 6.07 Å². The molecule has 4 aromatic rings. The van der Waals surface area contributed by atoms with Crippen LogP contribution in [0.4, 0.5) is 18.9 Å². The zero-order valence-electron chi connectivity index (χ0n) is 22.7. The van der Waals surface area contributed by atoms with E-state index in [9.17, 15) is 23.1 Å². The van der Waals surface area contributed by atoms with Gasteiger partial charge in [-0.2, -0.15) is 13.2 Å².